The Hall–Kier alpha value is -2.52. The van der Waals surface area contributed by atoms with Crippen molar-refractivity contribution in [3.8, 4) is 0 Å². The summed E-state index contributed by atoms with van der Waals surface area (Å²) in [5.41, 5.74) is 4.77. The SMILES string of the molecule is NC(=O)c1nccc2[nH]c([C@@H]3CC(F)(F)CCC3C3CCCCC3C(F)(F)F)cc(=O)c12. The van der Waals surface area contributed by atoms with Gasteiger partial charge in [-0.2, -0.15) is 13.2 Å². The number of nitrogens with two attached hydrogens (primary N) is 1. The van der Waals surface area contributed by atoms with E-state index in [1.54, 1.807) is 0 Å². The highest BCUT2D eigenvalue weighted by molar-refractivity contribution is 6.03. The maximum atomic E-state index is 14.4. The molecule has 3 unspecified atom stereocenters. The number of halogens is 5. The second-order valence-corrected chi connectivity index (χ2v) is 9.00. The highest BCUT2D eigenvalue weighted by atomic mass is 19.4. The molecular formula is C22H24F5N3O2. The molecule has 174 valence electrons. The third-order valence-electron chi connectivity index (χ3n) is 7.06. The number of hydrogen-bond donors (Lipinski definition) is 2. The number of carbonyl (C=O) groups excluding carboxylic acids is 1. The highest BCUT2D eigenvalue weighted by Crippen LogP contribution is 2.54. The molecular weight excluding hydrogens is 433 g/mol. The molecule has 2 aliphatic rings. The van der Waals surface area contributed by atoms with Crippen molar-refractivity contribution in [3.63, 3.8) is 0 Å². The summed E-state index contributed by atoms with van der Waals surface area (Å²) in [5, 5.41) is -0.0614. The van der Waals surface area contributed by atoms with Crippen LogP contribution in [0.25, 0.3) is 10.9 Å². The fourth-order valence-electron chi connectivity index (χ4n) is 5.69. The number of fused-ring (bicyclic) bond motifs is 1. The van der Waals surface area contributed by atoms with Crippen LogP contribution in [0.3, 0.4) is 0 Å². The lowest BCUT2D eigenvalue weighted by Gasteiger charge is -2.45. The van der Waals surface area contributed by atoms with Crippen molar-refractivity contribution in [1.82, 2.24) is 9.97 Å². The molecule has 2 fully saturated rings. The summed E-state index contributed by atoms with van der Waals surface area (Å²) in [4.78, 5) is 31.2. The van der Waals surface area contributed by atoms with Crippen LogP contribution in [0.4, 0.5) is 22.0 Å². The zero-order valence-electron chi connectivity index (χ0n) is 17.2. The van der Waals surface area contributed by atoms with Gasteiger partial charge in [0.1, 0.15) is 5.69 Å². The molecule has 32 heavy (non-hydrogen) atoms. The van der Waals surface area contributed by atoms with E-state index in [1.165, 1.54) is 12.3 Å². The highest BCUT2D eigenvalue weighted by Gasteiger charge is 2.52. The molecule has 0 bridgehead atoms. The van der Waals surface area contributed by atoms with Gasteiger partial charge >= 0.3 is 6.18 Å². The predicted octanol–water partition coefficient (Wildman–Crippen LogP) is 4.91. The lowest BCUT2D eigenvalue weighted by atomic mass is 9.62. The summed E-state index contributed by atoms with van der Waals surface area (Å²) in [7, 11) is 0. The number of primary amides is 1. The van der Waals surface area contributed by atoms with Crippen LogP contribution in [0.1, 0.15) is 67.0 Å². The van der Waals surface area contributed by atoms with Crippen LogP contribution in [0, 0.1) is 17.8 Å². The Morgan fingerprint density at radius 3 is 2.56 bits per heavy atom. The number of rotatable bonds is 3. The molecule has 10 heteroatoms. The quantitative estimate of drug-likeness (QED) is 0.642. The molecule has 5 nitrogen and oxygen atoms in total. The Labute approximate surface area is 180 Å². The van der Waals surface area contributed by atoms with E-state index in [1.807, 2.05) is 0 Å². The maximum Gasteiger partial charge on any atom is 0.392 e. The van der Waals surface area contributed by atoms with Gasteiger partial charge in [-0.1, -0.05) is 12.8 Å². The van der Waals surface area contributed by atoms with Crippen LogP contribution in [0.5, 0.6) is 0 Å². The summed E-state index contributed by atoms with van der Waals surface area (Å²) >= 11 is 0. The molecule has 0 aliphatic heterocycles. The molecule has 2 aromatic rings. The first-order chi connectivity index (χ1) is 15.0. The number of pyridine rings is 2. The molecule has 0 aromatic carbocycles. The summed E-state index contributed by atoms with van der Waals surface area (Å²) in [6.45, 7) is 0. The average molecular weight is 457 g/mol. The normalized spacial score (nSPS) is 28.5. The van der Waals surface area contributed by atoms with Crippen molar-refractivity contribution in [3.05, 3.63) is 39.9 Å². The minimum atomic E-state index is -4.39. The van der Waals surface area contributed by atoms with Crippen molar-refractivity contribution in [1.29, 1.82) is 0 Å². The van der Waals surface area contributed by atoms with Crippen molar-refractivity contribution in [2.24, 2.45) is 23.5 Å². The van der Waals surface area contributed by atoms with Crippen molar-refractivity contribution in [2.75, 3.05) is 0 Å². The molecule has 2 aliphatic carbocycles. The number of aromatic amines is 1. The van der Waals surface area contributed by atoms with Crippen LogP contribution >= 0.6 is 0 Å². The molecule has 2 heterocycles. The van der Waals surface area contributed by atoms with Crippen molar-refractivity contribution >= 4 is 16.8 Å². The van der Waals surface area contributed by atoms with Crippen molar-refractivity contribution < 1.29 is 26.7 Å². The Morgan fingerprint density at radius 2 is 1.88 bits per heavy atom. The summed E-state index contributed by atoms with van der Waals surface area (Å²) in [6, 6.07) is 2.53. The van der Waals surface area contributed by atoms with Gasteiger partial charge in [0.25, 0.3) is 5.91 Å². The van der Waals surface area contributed by atoms with Gasteiger partial charge in [-0.05, 0) is 37.2 Å². The van der Waals surface area contributed by atoms with Crippen LogP contribution in [0.15, 0.2) is 23.1 Å². The second-order valence-electron chi connectivity index (χ2n) is 9.00. The first-order valence-corrected chi connectivity index (χ1v) is 10.7. The molecule has 0 saturated heterocycles. The van der Waals surface area contributed by atoms with E-state index < -0.39 is 59.9 Å². The first kappa shape index (κ1) is 22.7. The van der Waals surface area contributed by atoms with E-state index in [9.17, 15) is 31.5 Å². The number of amides is 1. The number of nitrogens with zero attached hydrogens (tertiary/aromatic N) is 1. The fourth-order valence-corrected chi connectivity index (χ4v) is 5.69. The molecule has 2 aromatic heterocycles. The number of alkyl halides is 5. The minimum absolute atomic E-state index is 0.00430. The van der Waals surface area contributed by atoms with Gasteiger partial charge in [0.15, 0.2) is 5.43 Å². The average Bonchev–Trinajstić information content (AvgIpc) is 2.72. The lowest BCUT2D eigenvalue weighted by Crippen LogP contribution is -2.43. The molecule has 4 atom stereocenters. The van der Waals surface area contributed by atoms with Crippen molar-refractivity contribution in [2.45, 2.75) is 63.0 Å². The molecule has 3 N–H and O–H groups in total. The zero-order chi connectivity index (χ0) is 23.3. The Kier molecular flexibility index (Phi) is 5.75. The number of hydrogen-bond acceptors (Lipinski definition) is 3. The predicted molar refractivity (Wildman–Crippen MR) is 107 cm³/mol. The summed E-state index contributed by atoms with van der Waals surface area (Å²) < 4.78 is 70.1. The van der Waals surface area contributed by atoms with Crippen LogP contribution in [0.2, 0.25) is 0 Å². The summed E-state index contributed by atoms with van der Waals surface area (Å²) in [5.74, 6) is -7.82. The molecule has 0 radical (unpaired) electrons. The molecule has 4 rings (SSSR count). The van der Waals surface area contributed by atoms with Gasteiger partial charge in [-0.25, -0.2) is 8.78 Å². The molecule has 1 amide bonds. The third-order valence-corrected chi connectivity index (χ3v) is 7.06. The lowest BCUT2D eigenvalue weighted by molar-refractivity contribution is -0.206. The minimum Gasteiger partial charge on any atom is -0.364 e. The van der Waals surface area contributed by atoms with E-state index in [2.05, 4.69) is 9.97 Å². The van der Waals surface area contributed by atoms with Gasteiger partial charge < -0.3 is 10.7 Å². The van der Waals surface area contributed by atoms with Gasteiger partial charge in [-0.15, -0.1) is 0 Å². The second kappa shape index (κ2) is 8.12. The van der Waals surface area contributed by atoms with Gasteiger partial charge in [0.05, 0.1) is 16.8 Å². The zero-order valence-corrected chi connectivity index (χ0v) is 17.2. The van der Waals surface area contributed by atoms with E-state index in [0.717, 1.165) is 6.07 Å². The largest absolute Gasteiger partial charge is 0.392 e. The van der Waals surface area contributed by atoms with E-state index in [-0.39, 0.29) is 35.1 Å². The standard InChI is InChI=1S/C22H24F5N3O2/c23-21(24)7-5-11(12-3-1-2-4-14(12)22(25,26)27)13(10-21)16-9-17(31)18-15(30-16)6-8-29-19(18)20(28)32/h6,8-9,11-14H,1-5,7,10H2,(H2,28,32)(H,30,31)/t11?,12?,13-,14?/m1/s1. The maximum absolute atomic E-state index is 14.4. The first-order valence-electron chi connectivity index (χ1n) is 10.7. The molecule has 0 spiro atoms. The Balaban J connectivity index is 1.80. The van der Waals surface area contributed by atoms with Crippen LogP contribution < -0.4 is 11.2 Å². The van der Waals surface area contributed by atoms with E-state index >= 15 is 0 Å². The summed E-state index contributed by atoms with van der Waals surface area (Å²) in [6.07, 6.45) is -2.87. The number of H-pyrrole nitrogens is 1. The van der Waals surface area contributed by atoms with Gasteiger partial charge in [0, 0.05) is 36.7 Å². The van der Waals surface area contributed by atoms with E-state index in [4.69, 9.17) is 5.73 Å². The monoisotopic (exact) mass is 457 g/mol. The Morgan fingerprint density at radius 1 is 1.16 bits per heavy atom. The topological polar surface area (TPSA) is 88.8 Å². The van der Waals surface area contributed by atoms with Crippen LogP contribution in [-0.2, 0) is 0 Å². The number of nitrogens with one attached hydrogen (secondary N) is 1. The Bertz CT molecular complexity index is 1080. The van der Waals surface area contributed by atoms with Gasteiger partial charge in [0.2, 0.25) is 5.92 Å². The third kappa shape index (κ3) is 4.23. The fraction of sp³-hybridized carbons (Fsp3) is 0.591. The smallest absolute Gasteiger partial charge is 0.364 e. The number of carbonyl (C=O) groups is 1. The van der Waals surface area contributed by atoms with Gasteiger partial charge in [-0.3, -0.25) is 14.6 Å². The molecule has 2 saturated carbocycles. The van der Waals surface area contributed by atoms with Crippen LogP contribution in [-0.4, -0.2) is 28.0 Å². The van der Waals surface area contributed by atoms with E-state index in [0.29, 0.717) is 19.3 Å². The number of aromatic nitrogens is 2.